The first-order valence-electron chi connectivity index (χ1n) is 13.6. The Hall–Kier alpha value is -5.19. The predicted octanol–water partition coefficient (Wildman–Crippen LogP) is 6.28. The Labute approximate surface area is 246 Å². The van der Waals surface area contributed by atoms with E-state index in [4.69, 9.17) is 9.15 Å². The van der Waals surface area contributed by atoms with Crippen LogP contribution in [0.2, 0.25) is 0 Å². The molecule has 1 saturated carbocycles. The maximum absolute atomic E-state index is 13.6. The first-order chi connectivity index (χ1) is 20.7. The number of hydrogen-bond acceptors (Lipinski definition) is 7. The summed E-state index contributed by atoms with van der Waals surface area (Å²) in [4.78, 5) is 26.6. The summed E-state index contributed by atoms with van der Waals surface area (Å²) in [6.45, 7) is 0. The molecule has 218 valence electrons. The number of methoxy groups -OCH3 is 1. The molecule has 0 saturated heterocycles. The lowest BCUT2D eigenvalue weighted by Gasteiger charge is -2.20. The summed E-state index contributed by atoms with van der Waals surface area (Å²) in [5.74, 6) is -0.680. The van der Waals surface area contributed by atoms with Crippen molar-refractivity contribution in [2.45, 2.75) is 18.4 Å². The molecule has 0 atom stereocenters. The Morgan fingerprint density at radius 2 is 1.65 bits per heavy atom. The molecule has 1 heterocycles. The van der Waals surface area contributed by atoms with Crippen LogP contribution in [0.25, 0.3) is 33.4 Å². The number of nitrogens with zero attached hydrogens (tertiary/aromatic N) is 1. The summed E-state index contributed by atoms with van der Waals surface area (Å²) in [7, 11) is 2.93. The summed E-state index contributed by atoms with van der Waals surface area (Å²) in [6, 6.07) is 23.0. The van der Waals surface area contributed by atoms with E-state index in [0.29, 0.717) is 27.8 Å². The molecule has 0 aliphatic heterocycles. The van der Waals surface area contributed by atoms with Crippen LogP contribution in [0.3, 0.4) is 0 Å². The van der Waals surface area contributed by atoms with Gasteiger partial charge in [-0.1, -0.05) is 30.3 Å². The molecular formula is C33H28FN3O6. The largest absolute Gasteiger partial charge is 0.496 e. The number of amides is 2. The summed E-state index contributed by atoms with van der Waals surface area (Å²) in [6.07, 6.45) is 1.63. The minimum atomic E-state index is -0.461. The molecule has 43 heavy (non-hydrogen) atoms. The van der Waals surface area contributed by atoms with Gasteiger partial charge < -0.3 is 19.8 Å². The fourth-order valence-corrected chi connectivity index (χ4v) is 5.39. The zero-order chi connectivity index (χ0) is 30.3. The quantitative estimate of drug-likeness (QED) is 0.159. The molecule has 0 radical (unpaired) electrons. The third-order valence-electron chi connectivity index (χ3n) is 7.76. The van der Waals surface area contributed by atoms with Gasteiger partial charge in [-0.3, -0.25) is 20.0 Å². The molecule has 0 bridgehead atoms. The number of anilines is 1. The number of hydrogen-bond donors (Lipinski definition) is 4. The number of ether oxygens (including phenoxy) is 1. The number of carbonyl (C=O) groups excluding carboxylic acids is 2. The normalized spacial score (nSPS) is 13.4. The van der Waals surface area contributed by atoms with Crippen molar-refractivity contribution in [1.29, 1.82) is 0 Å². The van der Waals surface area contributed by atoms with E-state index in [1.165, 1.54) is 44.5 Å². The molecule has 4 N–H and O–H groups in total. The van der Waals surface area contributed by atoms with E-state index in [2.05, 4.69) is 10.6 Å². The fraction of sp³-hybridized carbons (Fsp3) is 0.152. The topological polar surface area (TPSA) is 124 Å². The molecular weight excluding hydrogens is 553 g/mol. The van der Waals surface area contributed by atoms with Crippen LogP contribution in [0.1, 0.15) is 39.1 Å². The van der Waals surface area contributed by atoms with Crippen LogP contribution in [0, 0.1) is 5.82 Å². The number of benzene rings is 4. The van der Waals surface area contributed by atoms with Crippen LogP contribution in [-0.4, -0.2) is 36.4 Å². The lowest BCUT2D eigenvalue weighted by atomic mass is 9.96. The first-order valence-corrected chi connectivity index (χ1v) is 13.6. The van der Waals surface area contributed by atoms with Gasteiger partial charge in [0.15, 0.2) is 0 Å². The monoisotopic (exact) mass is 581 g/mol. The minimum absolute atomic E-state index is 0.0603. The summed E-state index contributed by atoms with van der Waals surface area (Å²) < 4.78 is 25.3. The second-order valence-electron chi connectivity index (χ2n) is 10.4. The second-order valence-corrected chi connectivity index (χ2v) is 10.4. The molecule has 6 rings (SSSR count). The Kier molecular flexibility index (Phi) is 7.09. The number of halogens is 1. The molecule has 4 aromatic carbocycles. The second kappa shape index (κ2) is 10.9. The third-order valence-corrected chi connectivity index (χ3v) is 7.76. The van der Waals surface area contributed by atoms with Crippen LogP contribution in [0.15, 0.2) is 89.3 Å². The zero-order valence-corrected chi connectivity index (χ0v) is 23.3. The van der Waals surface area contributed by atoms with Crippen LogP contribution < -0.4 is 20.6 Å². The Balaban J connectivity index is 1.49. The number of rotatable bonds is 8. The third kappa shape index (κ3) is 5.07. The van der Waals surface area contributed by atoms with Gasteiger partial charge in [-0.15, -0.1) is 5.23 Å². The van der Waals surface area contributed by atoms with Crippen LogP contribution in [0.4, 0.5) is 10.1 Å². The van der Waals surface area contributed by atoms with Crippen LogP contribution >= 0.6 is 0 Å². The highest BCUT2D eigenvalue weighted by Crippen LogP contribution is 2.46. The number of furan rings is 1. The predicted molar refractivity (Wildman–Crippen MR) is 158 cm³/mol. The molecule has 10 heteroatoms. The summed E-state index contributed by atoms with van der Waals surface area (Å²) >= 11 is 0. The lowest BCUT2D eigenvalue weighted by Crippen LogP contribution is -2.34. The summed E-state index contributed by atoms with van der Waals surface area (Å²) in [5.41, 5.74) is 2.26. The van der Waals surface area contributed by atoms with E-state index >= 15 is 0 Å². The van der Waals surface area contributed by atoms with E-state index in [0.717, 1.165) is 18.4 Å². The van der Waals surface area contributed by atoms with Crippen molar-refractivity contribution in [2.24, 2.45) is 0 Å². The van der Waals surface area contributed by atoms with Gasteiger partial charge in [-0.05, 0) is 66.9 Å². The molecule has 9 nitrogen and oxygen atoms in total. The van der Waals surface area contributed by atoms with Gasteiger partial charge in [0, 0.05) is 40.8 Å². The van der Waals surface area contributed by atoms with E-state index in [1.54, 1.807) is 24.3 Å². The highest BCUT2D eigenvalue weighted by molar-refractivity contribution is 6.13. The van der Waals surface area contributed by atoms with Gasteiger partial charge in [0.05, 0.1) is 18.2 Å². The Morgan fingerprint density at radius 1 is 0.930 bits per heavy atom. The smallest absolute Gasteiger partial charge is 0.255 e. The van der Waals surface area contributed by atoms with Gasteiger partial charge >= 0.3 is 0 Å². The van der Waals surface area contributed by atoms with Crippen molar-refractivity contribution in [3.05, 3.63) is 107 Å². The van der Waals surface area contributed by atoms with Crippen molar-refractivity contribution < 1.29 is 33.5 Å². The average Bonchev–Trinajstić information content (AvgIpc) is 3.72. The Morgan fingerprint density at radius 3 is 2.28 bits per heavy atom. The number of fused-ring (bicyclic) bond motifs is 1. The van der Waals surface area contributed by atoms with Crippen molar-refractivity contribution in [3.8, 4) is 28.2 Å². The van der Waals surface area contributed by atoms with Gasteiger partial charge in [0.2, 0.25) is 0 Å². The molecule has 1 aliphatic rings. The van der Waals surface area contributed by atoms with E-state index in [-0.39, 0.29) is 39.3 Å². The molecule has 1 aromatic heterocycles. The fourth-order valence-electron chi connectivity index (χ4n) is 5.39. The standard InChI is InChI=1S/C33H28FN3O6/c1-35-32(39)29-25-17-23(26(37(40)41)18-28(25)43-30(29)19-8-11-22(34)12-9-19)24-16-20(10-13-27(24)42-2)31(38)36-33(14-15-33)21-6-4-3-5-7-21/h3-13,16-18,40-41H,14-15H2,1-2H3,(H,35,39)(H,36,38). The van der Waals surface area contributed by atoms with Crippen LogP contribution in [0.5, 0.6) is 5.75 Å². The SMILES string of the molecule is CNC(=O)c1c(-c2ccc(F)cc2)oc2cc(N(O)O)c(-c3cc(C(=O)NC4(c5ccccc5)CC4)ccc3OC)cc12. The molecule has 1 fully saturated rings. The number of carbonyl (C=O) groups is 2. The molecule has 5 aromatic rings. The van der Waals surface area contributed by atoms with Crippen LogP contribution in [-0.2, 0) is 5.54 Å². The van der Waals surface area contributed by atoms with Gasteiger partial charge in [0.25, 0.3) is 11.8 Å². The van der Waals surface area contributed by atoms with Gasteiger partial charge in [0.1, 0.15) is 28.6 Å². The minimum Gasteiger partial charge on any atom is -0.496 e. The number of nitrogens with one attached hydrogen (secondary N) is 2. The zero-order valence-electron chi connectivity index (χ0n) is 23.3. The van der Waals surface area contributed by atoms with E-state index in [1.807, 2.05) is 30.3 Å². The van der Waals surface area contributed by atoms with Crippen molar-refractivity contribution in [1.82, 2.24) is 10.6 Å². The average molecular weight is 582 g/mol. The lowest BCUT2D eigenvalue weighted by molar-refractivity contribution is 0.0295. The Bertz CT molecular complexity index is 1850. The van der Waals surface area contributed by atoms with E-state index in [9.17, 15) is 24.4 Å². The highest BCUT2D eigenvalue weighted by Gasteiger charge is 2.45. The summed E-state index contributed by atoms with van der Waals surface area (Å²) in [5, 5.41) is 26.5. The van der Waals surface area contributed by atoms with Crippen molar-refractivity contribution in [3.63, 3.8) is 0 Å². The first kappa shape index (κ1) is 28.0. The maximum Gasteiger partial charge on any atom is 0.255 e. The maximum atomic E-state index is 13.6. The molecule has 2 amide bonds. The molecule has 0 unspecified atom stereocenters. The molecule has 0 spiro atoms. The van der Waals surface area contributed by atoms with Crippen molar-refractivity contribution in [2.75, 3.05) is 19.4 Å². The molecule has 1 aliphatic carbocycles. The van der Waals surface area contributed by atoms with Gasteiger partial charge in [-0.2, -0.15) is 0 Å². The highest BCUT2D eigenvalue weighted by atomic mass is 19.1. The van der Waals surface area contributed by atoms with Crippen molar-refractivity contribution >= 4 is 28.5 Å². The van der Waals surface area contributed by atoms with Gasteiger partial charge in [-0.25, -0.2) is 4.39 Å². The van der Waals surface area contributed by atoms with E-state index < -0.39 is 17.3 Å².